The van der Waals surface area contributed by atoms with Gasteiger partial charge in [-0.3, -0.25) is 24.6 Å². The van der Waals surface area contributed by atoms with Gasteiger partial charge in [0, 0.05) is 53.5 Å². The number of anilines is 2. The Morgan fingerprint density at radius 1 is 1.14 bits per heavy atom. The first kappa shape index (κ1) is 33.0. The number of methoxy groups -OCH3 is 1. The largest absolute Gasteiger partial charge is 0.573 e. The summed E-state index contributed by atoms with van der Waals surface area (Å²) in [6.07, 6.45) is -3.70. The molecule has 3 aliphatic heterocycles. The van der Waals surface area contributed by atoms with E-state index < -0.39 is 81.0 Å². The van der Waals surface area contributed by atoms with Gasteiger partial charge in [0.25, 0.3) is 5.69 Å². The molecule has 17 heteroatoms. The lowest BCUT2D eigenvalue weighted by molar-refractivity contribution is -0.384. The van der Waals surface area contributed by atoms with Crippen LogP contribution in [0.15, 0.2) is 48.5 Å². The van der Waals surface area contributed by atoms with Gasteiger partial charge in [-0.2, -0.15) is 0 Å². The van der Waals surface area contributed by atoms with Crippen molar-refractivity contribution in [3.05, 3.63) is 91.2 Å². The summed E-state index contributed by atoms with van der Waals surface area (Å²) >= 11 is 12.5. The van der Waals surface area contributed by atoms with E-state index in [1.54, 1.807) is 18.2 Å². The van der Waals surface area contributed by atoms with Crippen LogP contribution in [0, 0.1) is 27.8 Å². The van der Waals surface area contributed by atoms with E-state index in [-0.39, 0.29) is 29.6 Å². The van der Waals surface area contributed by atoms with Crippen molar-refractivity contribution in [2.75, 3.05) is 30.4 Å². The average Bonchev–Trinajstić information content (AvgIpc) is 3.66. The molecule has 1 saturated carbocycles. The first-order valence-electron chi connectivity index (χ1n) is 15.0. The van der Waals surface area contributed by atoms with Gasteiger partial charge in [-0.15, -0.1) is 13.2 Å². The number of carbonyl (C=O) groups excluding carboxylic acids is 3. The second-order valence-corrected chi connectivity index (χ2v) is 13.1. The predicted molar refractivity (Wildman–Crippen MR) is 166 cm³/mol. The Balaban J connectivity index is 1.44. The quantitative estimate of drug-likeness (QED) is 0.128. The maximum Gasteiger partial charge on any atom is 0.573 e. The lowest BCUT2D eigenvalue weighted by Gasteiger charge is -2.41. The fourth-order valence-electron chi connectivity index (χ4n) is 7.63. The van der Waals surface area contributed by atoms with Crippen LogP contribution in [0.3, 0.4) is 0 Å². The highest BCUT2D eigenvalue weighted by Crippen LogP contribution is 2.63. The van der Waals surface area contributed by atoms with Crippen molar-refractivity contribution in [1.29, 1.82) is 0 Å². The van der Waals surface area contributed by atoms with Crippen LogP contribution in [-0.4, -0.2) is 60.2 Å². The number of nitro groups is 1. The maximum atomic E-state index is 16.1. The van der Waals surface area contributed by atoms with E-state index in [0.29, 0.717) is 28.4 Å². The molecule has 0 bridgehead atoms. The molecule has 0 radical (unpaired) electrons. The molecular weight excluding hydrogens is 699 g/mol. The summed E-state index contributed by atoms with van der Waals surface area (Å²) in [5, 5.41) is 15.2. The Morgan fingerprint density at radius 2 is 1.88 bits per heavy atom. The third-order valence-corrected chi connectivity index (χ3v) is 10.2. The second-order valence-electron chi connectivity index (χ2n) is 12.3. The molecule has 49 heavy (non-hydrogen) atoms. The van der Waals surface area contributed by atoms with Crippen LogP contribution < -0.4 is 15.0 Å². The number of alkyl halides is 3. The van der Waals surface area contributed by atoms with Crippen molar-refractivity contribution >= 4 is 58.0 Å². The molecule has 4 atom stereocenters. The van der Waals surface area contributed by atoms with Gasteiger partial charge >= 0.3 is 12.3 Å². The molecule has 3 aromatic rings. The average molecular weight is 723 g/mol. The molecule has 11 nitrogen and oxygen atoms in total. The highest BCUT2D eigenvalue weighted by atomic mass is 35.5. The van der Waals surface area contributed by atoms with Crippen molar-refractivity contribution in [2.45, 2.75) is 36.7 Å². The van der Waals surface area contributed by atoms with Crippen molar-refractivity contribution in [1.82, 2.24) is 4.90 Å². The Morgan fingerprint density at radius 3 is 2.53 bits per heavy atom. The Labute approximate surface area is 284 Å². The molecule has 4 aliphatic rings. The van der Waals surface area contributed by atoms with Gasteiger partial charge in [-0.25, -0.2) is 9.18 Å². The minimum atomic E-state index is -5.32. The van der Waals surface area contributed by atoms with Gasteiger partial charge < -0.3 is 19.7 Å². The first-order valence-corrected chi connectivity index (χ1v) is 15.7. The SMILES string of the molecule is COC(=O)c1cc([N+](=O)[O-])c(N2C[C@H]3[C@@H](C2=O)[C@H](c2cccc(Cl)c2F)[C@]2(C(=O)Nc4cc(Cl)ccc42)N3CC2CC2)cc1OC(F)(F)F. The number of benzene rings is 3. The summed E-state index contributed by atoms with van der Waals surface area (Å²) in [7, 11) is 0.870. The standard InChI is InChI=1S/C32H24Cl2F4N4O7/c1-48-29(44)17-10-22(42(46)47)21(11-24(17)49-32(36,37)38)40-13-23-25(28(40)43)26(16-3-2-4-19(34)27(16)35)31(41(23)12-14-5-6-14)18-8-7-15(33)9-20(18)39-30(31)45/h2-4,7-11,14,23,25-26H,5-6,12-13H2,1H3,(H,39,45)/t23-,25+,26-,31+/m0/s1. The van der Waals surface area contributed by atoms with E-state index in [1.807, 2.05) is 4.90 Å². The van der Waals surface area contributed by atoms with Gasteiger partial charge in [0.1, 0.15) is 28.4 Å². The highest BCUT2D eigenvalue weighted by Gasteiger charge is 2.71. The molecule has 256 valence electrons. The van der Waals surface area contributed by atoms with Crippen molar-refractivity contribution in [3.8, 4) is 5.75 Å². The zero-order valence-electron chi connectivity index (χ0n) is 25.2. The van der Waals surface area contributed by atoms with Crippen LogP contribution >= 0.6 is 23.2 Å². The second kappa shape index (κ2) is 11.6. The molecule has 3 fully saturated rings. The summed E-state index contributed by atoms with van der Waals surface area (Å²) in [6, 6.07) is 9.17. The Hall–Kier alpha value is -4.47. The topological polar surface area (TPSA) is 131 Å². The van der Waals surface area contributed by atoms with E-state index in [2.05, 4.69) is 14.8 Å². The number of likely N-dealkylation sites (tertiary alicyclic amines) is 1. The van der Waals surface area contributed by atoms with Crippen LogP contribution in [0.5, 0.6) is 5.75 Å². The van der Waals surface area contributed by atoms with Gasteiger partial charge in [-0.1, -0.05) is 41.4 Å². The van der Waals surface area contributed by atoms with Crippen LogP contribution in [-0.2, 0) is 19.9 Å². The fraction of sp³-hybridized carbons (Fsp3) is 0.344. The van der Waals surface area contributed by atoms with E-state index >= 15 is 4.39 Å². The smallest absolute Gasteiger partial charge is 0.465 e. The number of amides is 2. The summed E-state index contributed by atoms with van der Waals surface area (Å²) < 4.78 is 65.1. The number of esters is 1. The van der Waals surface area contributed by atoms with Gasteiger partial charge in [0.15, 0.2) is 0 Å². The number of ether oxygens (including phenoxy) is 2. The molecule has 1 spiro atoms. The lowest BCUT2D eigenvalue weighted by atomic mass is 9.71. The van der Waals surface area contributed by atoms with Crippen LogP contribution in [0.4, 0.5) is 34.6 Å². The van der Waals surface area contributed by atoms with E-state index in [9.17, 15) is 37.7 Å². The molecule has 0 unspecified atom stereocenters. The monoisotopic (exact) mass is 722 g/mol. The Kier molecular flexibility index (Phi) is 7.80. The molecule has 3 aromatic carbocycles. The number of nitrogens with one attached hydrogen (secondary N) is 1. The molecular formula is C32H24Cl2F4N4O7. The number of nitro benzene ring substituents is 1. The van der Waals surface area contributed by atoms with E-state index in [4.69, 9.17) is 23.2 Å². The molecule has 0 aromatic heterocycles. The molecule has 2 amide bonds. The van der Waals surface area contributed by atoms with Crippen LogP contribution in [0.25, 0.3) is 0 Å². The van der Waals surface area contributed by atoms with Crippen molar-refractivity contribution in [2.24, 2.45) is 11.8 Å². The number of hydrogen-bond acceptors (Lipinski definition) is 8. The van der Waals surface area contributed by atoms with Gasteiger partial charge in [-0.05, 0) is 42.5 Å². The third-order valence-electron chi connectivity index (χ3n) is 9.65. The summed E-state index contributed by atoms with van der Waals surface area (Å²) in [5.74, 6) is -7.12. The van der Waals surface area contributed by atoms with E-state index in [1.165, 1.54) is 18.2 Å². The minimum Gasteiger partial charge on any atom is -0.465 e. The molecule has 2 saturated heterocycles. The number of fused-ring (bicyclic) bond motifs is 3. The van der Waals surface area contributed by atoms with Gasteiger partial charge in [0.2, 0.25) is 11.8 Å². The number of hydrogen-bond donors (Lipinski definition) is 1. The van der Waals surface area contributed by atoms with E-state index in [0.717, 1.165) is 24.9 Å². The molecule has 1 N–H and O–H groups in total. The first-order chi connectivity index (χ1) is 23.2. The summed E-state index contributed by atoms with van der Waals surface area (Å²) in [6.45, 7) is -0.0566. The van der Waals surface area contributed by atoms with Crippen LogP contribution in [0.2, 0.25) is 10.0 Å². The zero-order chi connectivity index (χ0) is 35.2. The number of halogens is 6. The van der Waals surface area contributed by atoms with Crippen molar-refractivity contribution < 1.29 is 46.3 Å². The molecule has 7 rings (SSSR count). The highest BCUT2D eigenvalue weighted by molar-refractivity contribution is 6.31. The van der Waals surface area contributed by atoms with Crippen molar-refractivity contribution in [3.63, 3.8) is 0 Å². The summed E-state index contributed by atoms with van der Waals surface area (Å²) in [5.41, 5.74) is -3.29. The minimum absolute atomic E-state index is 0.0643. The maximum absolute atomic E-state index is 16.1. The zero-order valence-corrected chi connectivity index (χ0v) is 26.7. The predicted octanol–water partition coefficient (Wildman–Crippen LogP) is 6.41. The number of carbonyl (C=O) groups is 3. The summed E-state index contributed by atoms with van der Waals surface area (Å²) in [4.78, 5) is 55.5. The normalized spacial score (nSPS) is 24.6. The van der Waals surface area contributed by atoms with Gasteiger partial charge in [0.05, 0.1) is 23.0 Å². The fourth-order valence-corrected chi connectivity index (χ4v) is 7.99. The Bertz CT molecular complexity index is 1960. The molecule has 1 aliphatic carbocycles. The number of nitrogens with zero attached hydrogens (tertiary/aromatic N) is 3. The lowest BCUT2D eigenvalue weighted by Crippen LogP contribution is -2.54. The number of rotatable bonds is 7. The van der Waals surface area contributed by atoms with Crippen LogP contribution in [0.1, 0.15) is 40.2 Å². The molecule has 3 heterocycles. The third kappa shape index (κ3) is 5.17.